The molecule has 0 saturated carbocycles. The van der Waals surface area contributed by atoms with Crippen LogP contribution in [0, 0.1) is 5.92 Å². The van der Waals surface area contributed by atoms with Crippen molar-refractivity contribution in [3.05, 3.63) is 48.0 Å². The molecule has 5 nitrogen and oxygen atoms in total. The average Bonchev–Trinajstić information content (AvgIpc) is 2.77. The Morgan fingerprint density at radius 1 is 1.10 bits per heavy atom. The summed E-state index contributed by atoms with van der Waals surface area (Å²) in [5.74, 6) is 1.33. The van der Waals surface area contributed by atoms with E-state index >= 15 is 0 Å². The SMILES string of the molecule is CCC(CC)C(=O)N1CCC(NC(=NC)NCc2ccc3ccccc3c2)CC1.I. The van der Waals surface area contributed by atoms with E-state index in [1.807, 2.05) is 11.9 Å². The van der Waals surface area contributed by atoms with Crippen molar-refractivity contribution < 1.29 is 4.79 Å². The van der Waals surface area contributed by atoms with E-state index in [9.17, 15) is 4.79 Å². The number of nitrogens with one attached hydrogen (secondary N) is 2. The summed E-state index contributed by atoms with van der Waals surface area (Å²) in [7, 11) is 1.81. The van der Waals surface area contributed by atoms with Gasteiger partial charge in [-0.05, 0) is 48.1 Å². The van der Waals surface area contributed by atoms with Crippen LogP contribution in [-0.4, -0.2) is 42.9 Å². The predicted octanol–water partition coefficient (Wildman–Crippen LogP) is 4.55. The number of nitrogens with zero attached hydrogens (tertiary/aromatic N) is 2. The first kappa shape index (κ1) is 24.4. The van der Waals surface area contributed by atoms with E-state index in [1.54, 1.807) is 0 Å². The van der Waals surface area contributed by atoms with Crippen molar-refractivity contribution >= 4 is 46.6 Å². The molecule has 2 N–H and O–H groups in total. The summed E-state index contributed by atoms with van der Waals surface area (Å²) < 4.78 is 0. The molecule has 0 bridgehead atoms. The molecule has 1 aliphatic rings. The Bertz CT molecular complexity index is 842. The van der Waals surface area contributed by atoms with Gasteiger partial charge in [-0.3, -0.25) is 9.79 Å². The summed E-state index contributed by atoms with van der Waals surface area (Å²) >= 11 is 0. The van der Waals surface area contributed by atoms with Crippen LogP contribution in [0.5, 0.6) is 0 Å². The number of carbonyl (C=O) groups excluding carboxylic acids is 1. The van der Waals surface area contributed by atoms with E-state index in [2.05, 4.69) is 71.9 Å². The van der Waals surface area contributed by atoms with Gasteiger partial charge in [-0.15, -0.1) is 24.0 Å². The van der Waals surface area contributed by atoms with Gasteiger partial charge < -0.3 is 15.5 Å². The maximum absolute atomic E-state index is 12.6. The third-order valence-corrected chi connectivity index (χ3v) is 5.98. The van der Waals surface area contributed by atoms with Crippen LogP contribution in [-0.2, 0) is 11.3 Å². The van der Waals surface area contributed by atoms with Crippen molar-refractivity contribution in [2.45, 2.75) is 52.1 Å². The van der Waals surface area contributed by atoms with Crippen molar-refractivity contribution in [3.8, 4) is 0 Å². The van der Waals surface area contributed by atoms with Crippen LogP contribution in [0.25, 0.3) is 10.8 Å². The molecular formula is C24H35IN4O. The first-order valence-electron chi connectivity index (χ1n) is 10.9. The number of carbonyl (C=O) groups is 1. The van der Waals surface area contributed by atoms with Gasteiger partial charge in [0.1, 0.15) is 0 Å². The lowest BCUT2D eigenvalue weighted by atomic mass is 9.98. The Hall–Kier alpha value is -1.83. The number of benzene rings is 2. The van der Waals surface area contributed by atoms with Gasteiger partial charge in [-0.1, -0.05) is 50.2 Å². The number of fused-ring (bicyclic) bond motifs is 1. The van der Waals surface area contributed by atoms with Crippen molar-refractivity contribution in [1.82, 2.24) is 15.5 Å². The monoisotopic (exact) mass is 522 g/mol. The molecule has 0 unspecified atom stereocenters. The molecule has 1 aliphatic heterocycles. The summed E-state index contributed by atoms with van der Waals surface area (Å²) in [6, 6.07) is 15.3. The lowest BCUT2D eigenvalue weighted by molar-refractivity contribution is -0.136. The molecule has 0 aliphatic carbocycles. The van der Waals surface area contributed by atoms with Crippen LogP contribution < -0.4 is 10.6 Å². The molecule has 0 spiro atoms. The van der Waals surface area contributed by atoms with Gasteiger partial charge in [0.2, 0.25) is 5.91 Å². The van der Waals surface area contributed by atoms with Gasteiger partial charge in [0.15, 0.2) is 5.96 Å². The molecule has 3 rings (SSSR count). The normalized spacial score (nSPS) is 15.2. The Morgan fingerprint density at radius 3 is 2.40 bits per heavy atom. The van der Waals surface area contributed by atoms with Crippen molar-refractivity contribution in [3.63, 3.8) is 0 Å². The number of piperidine rings is 1. The highest BCUT2D eigenvalue weighted by Crippen LogP contribution is 2.18. The molecule has 0 aromatic heterocycles. The molecule has 6 heteroatoms. The number of hydrogen-bond donors (Lipinski definition) is 2. The summed E-state index contributed by atoms with van der Waals surface area (Å²) in [4.78, 5) is 19.0. The summed E-state index contributed by atoms with van der Waals surface area (Å²) in [6.45, 7) is 6.59. The highest BCUT2D eigenvalue weighted by atomic mass is 127. The first-order chi connectivity index (χ1) is 14.1. The molecule has 1 saturated heterocycles. The standard InChI is InChI=1S/C24H34N4O.HI/c1-4-19(5-2)23(29)28-14-12-22(13-15-28)27-24(25-3)26-17-18-10-11-20-8-6-7-9-21(20)16-18;/h6-11,16,19,22H,4-5,12-15,17H2,1-3H3,(H2,25,26,27);1H. The molecular weight excluding hydrogens is 487 g/mol. The zero-order valence-corrected chi connectivity index (χ0v) is 20.7. The second-order valence-electron chi connectivity index (χ2n) is 7.86. The summed E-state index contributed by atoms with van der Waals surface area (Å²) in [5.41, 5.74) is 1.23. The zero-order valence-electron chi connectivity index (χ0n) is 18.4. The van der Waals surface area contributed by atoms with Crippen LogP contribution in [0.2, 0.25) is 0 Å². The fraction of sp³-hybridized carbons (Fsp3) is 0.500. The van der Waals surface area contributed by atoms with Gasteiger partial charge >= 0.3 is 0 Å². The Morgan fingerprint density at radius 2 is 1.77 bits per heavy atom. The molecule has 30 heavy (non-hydrogen) atoms. The topological polar surface area (TPSA) is 56.7 Å². The number of amides is 1. The van der Waals surface area contributed by atoms with Gasteiger partial charge in [0.05, 0.1) is 0 Å². The number of hydrogen-bond acceptors (Lipinski definition) is 2. The highest BCUT2D eigenvalue weighted by molar-refractivity contribution is 14.0. The lowest BCUT2D eigenvalue weighted by Crippen LogP contribution is -2.50. The fourth-order valence-electron chi connectivity index (χ4n) is 4.06. The molecule has 0 atom stereocenters. The molecule has 2 aromatic rings. The molecule has 0 radical (unpaired) electrons. The minimum Gasteiger partial charge on any atom is -0.354 e. The van der Waals surface area contributed by atoms with Crippen LogP contribution in [0.3, 0.4) is 0 Å². The van der Waals surface area contributed by atoms with Crippen LogP contribution >= 0.6 is 24.0 Å². The van der Waals surface area contributed by atoms with E-state index in [-0.39, 0.29) is 29.9 Å². The Labute approximate surface area is 197 Å². The summed E-state index contributed by atoms with van der Waals surface area (Å²) in [6.07, 6.45) is 3.78. The number of halogens is 1. The predicted molar refractivity (Wildman–Crippen MR) is 136 cm³/mol. The third kappa shape index (κ3) is 6.33. The largest absolute Gasteiger partial charge is 0.354 e. The quantitative estimate of drug-likeness (QED) is 0.333. The van der Waals surface area contributed by atoms with Gasteiger partial charge in [0, 0.05) is 38.6 Å². The van der Waals surface area contributed by atoms with Crippen molar-refractivity contribution in [1.29, 1.82) is 0 Å². The van der Waals surface area contributed by atoms with Gasteiger partial charge in [-0.2, -0.15) is 0 Å². The smallest absolute Gasteiger partial charge is 0.225 e. The van der Waals surface area contributed by atoms with Crippen LogP contribution in [0.15, 0.2) is 47.5 Å². The fourth-order valence-corrected chi connectivity index (χ4v) is 4.06. The zero-order chi connectivity index (χ0) is 20.6. The molecule has 1 amide bonds. The third-order valence-electron chi connectivity index (χ3n) is 5.98. The van der Waals surface area contributed by atoms with E-state index in [0.717, 1.165) is 51.3 Å². The summed E-state index contributed by atoms with van der Waals surface area (Å²) in [5, 5.41) is 9.47. The van der Waals surface area contributed by atoms with E-state index < -0.39 is 0 Å². The average molecular weight is 522 g/mol. The first-order valence-corrected chi connectivity index (χ1v) is 10.9. The second-order valence-corrected chi connectivity index (χ2v) is 7.86. The Kier molecular flexibility index (Phi) is 9.88. The molecule has 2 aromatic carbocycles. The molecule has 164 valence electrons. The highest BCUT2D eigenvalue weighted by Gasteiger charge is 2.26. The number of aliphatic imine (C=N–C) groups is 1. The minimum atomic E-state index is 0. The van der Waals surface area contributed by atoms with E-state index in [4.69, 9.17) is 0 Å². The van der Waals surface area contributed by atoms with Gasteiger partial charge in [0.25, 0.3) is 0 Å². The number of guanidine groups is 1. The van der Waals surface area contributed by atoms with Crippen LogP contribution in [0.1, 0.15) is 45.1 Å². The molecule has 1 heterocycles. The number of rotatable bonds is 6. The molecule has 1 fully saturated rings. The maximum atomic E-state index is 12.6. The van der Waals surface area contributed by atoms with Gasteiger partial charge in [-0.25, -0.2) is 0 Å². The van der Waals surface area contributed by atoms with E-state index in [0.29, 0.717) is 11.9 Å². The maximum Gasteiger partial charge on any atom is 0.225 e. The second kappa shape index (κ2) is 12.1. The number of likely N-dealkylation sites (tertiary alicyclic amines) is 1. The van der Waals surface area contributed by atoms with Crippen molar-refractivity contribution in [2.24, 2.45) is 10.9 Å². The Balaban J connectivity index is 0.00000320. The lowest BCUT2D eigenvalue weighted by Gasteiger charge is -2.34. The minimum absolute atomic E-state index is 0. The van der Waals surface area contributed by atoms with Crippen molar-refractivity contribution in [2.75, 3.05) is 20.1 Å². The van der Waals surface area contributed by atoms with Crippen LogP contribution in [0.4, 0.5) is 0 Å². The van der Waals surface area contributed by atoms with E-state index in [1.165, 1.54) is 16.3 Å².